The summed E-state index contributed by atoms with van der Waals surface area (Å²) >= 11 is 0. The second-order valence-electron chi connectivity index (χ2n) is 2.07. The van der Waals surface area contributed by atoms with E-state index in [-0.39, 0.29) is 5.75 Å². The Hall–Kier alpha value is -1.42. The molecule has 1 aromatic rings. The number of hydrogen-bond donors (Lipinski definition) is 3. The van der Waals surface area contributed by atoms with Gasteiger partial charge in [0.1, 0.15) is 0 Å². The molecule has 3 N–H and O–H groups in total. The van der Waals surface area contributed by atoms with E-state index in [4.69, 9.17) is 5.21 Å². The number of rotatable bonds is 2. The highest BCUT2D eigenvalue weighted by molar-refractivity contribution is 5.62. The summed E-state index contributed by atoms with van der Waals surface area (Å²) in [4.78, 5) is 0. The van der Waals surface area contributed by atoms with Crippen molar-refractivity contribution in [3.05, 3.63) is 18.2 Å². The van der Waals surface area contributed by atoms with Crippen LogP contribution in [0.2, 0.25) is 0 Å². The van der Waals surface area contributed by atoms with Gasteiger partial charge in [0.2, 0.25) is 0 Å². The van der Waals surface area contributed by atoms with E-state index in [1.165, 1.54) is 18.2 Å². The maximum atomic E-state index is 10.9. The summed E-state index contributed by atoms with van der Waals surface area (Å²) in [6.07, 6.45) is 0. The first kappa shape index (κ1) is 7.68. The molecule has 0 aromatic heterocycles. The molecule has 60 valence electrons. The molecule has 1 rings (SSSR count). The van der Waals surface area contributed by atoms with Gasteiger partial charge >= 0.3 is 0 Å². The second-order valence-corrected chi connectivity index (χ2v) is 2.07. The van der Waals surface area contributed by atoms with Gasteiger partial charge in [-0.25, -0.2) is 0 Å². The Balaban J connectivity index is 3.02. The Kier molecular flexibility index (Phi) is 2.18. The lowest BCUT2D eigenvalue weighted by molar-refractivity contribution is -0.267. The zero-order chi connectivity index (χ0) is 8.27. The minimum Gasteiger partial charge on any atom is -0.871 e. The van der Waals surface area contributed by atoms with Crippen molar-refractivity contribution in [1.29, 1.82) is 0 Å². The van der Waals surface area contributed by atoms with Crippen LogP contribution < -0.4 is 15.9 Å². The first-order chi connectivity index (χ1) is 5.27. The molecule has 11 heavy (non-hydrogen) atoms. The third kappa shape index (κ3) is 1.53. The van der Waals surface area contributed by atoms with Crippen molar-refractivity contribution in [2.45, 2.75) is 0 Å². The highest BCUT2D eigenvalue weighted by Gasteiger charge is 1.92. The SMILES string of the molecule is CNc1cc(NO)ccc1[O-]. The molecule has 0 atom stereocenters. The zero-order valence-electron chi connectivity index (χ0n) is 6.09. The fourth-order valence-corrected chi connectivity index (χ4v) is 0.795. The predicted octanol–water partition coefficient (Wildman–Crippen LogP) is 0.603. The van der Waals surface area contributed by atoms with Gasteiger partial charge in [0, 0.05) is 12.7 Å². The molecule has 0 amide bonds. The third-order valence-corrected chi connectivity index (χ3v) is 1.38. The van der Waals surface area contributed by atoms with Crippen LogP contribution in [0.3, 0.4) is 0 Å². The molecule has 4 nitrogen and oxygen atoms in total. The Morgan fingerprint density at radius 3 is 2.73 bits per heavy atom. The fraction of sp³-hybridized carbons (Fsp3) is 0.143. The fourth-order valence-electron chi connectivity index (χ4n) is 0.795. The van der Waals surface area contributed by atoms with Crippen molar-refractivity contribution in [1.82, 2.24) is 0 Å². The van der Waals surface area contributed by atoms with E-state index >= 15 is 0 Å². The van der Waals surface area contributed by atoms with Crippen LogP contribution in [-0.2, 0) is 0 Å². The van der Waals surface area contributed by atoms with Crippen molar-refractivity contribution in [2.75, 3.05) is 17.8 Å². The van der Waals surface area contributed by atoms with Crippen LogP contribution in [0.5, 0.6) is 5.75 Å². The Labute approximate surface area is 64.4 Å². The summed E-state index contributed by atoms with van der Waals surface area (Å²) in [6.45, 7) is 0. The van der Waals surface area contributed by atoms with Crippen LogP contribution in [0.4, 0.5) is 11.4 Å². The minimum absolute atomic E-state index is 0.0912. The number of hydrogen-bond acceptors (Lipinski definition) is 4. The van der Waals surface area contributed by atoms with E-state index in [0.717, 1.165) is 0 Å². The van der Waals surface area contributed by atoms with Gasteiger partial charge < -0.3 is 10.4 Å². The largest absolute Gasteiger partial charge is 0.871 e. The summed E-state index contributed by atoms with van der Waals surface area (Å²) in [5, 5.41) is 22.1. The van der Waals surface area contributed by atoms with E-state index < -0.39 is 0 Å². The molecule has 0 heterocycles. The van der Waals surface area contributed by atoms with Crippen LogP contribution in [0.15, 0.2) is 18.2 Å². The molecular formula is C7H9N2O2-. The van der Waals surface area contributed by atoms with Crippen molar-refractivity contribution < 1.29 is 10.3 Å². The molecule has 0 fully saturated rings. The second kappa shape index (κ2) is 3.12. The number of benzene rings is 1. The lowest BCUT2D eigenvalue weighted by Crippen LogP contribution is -1.99. The molecule has 0 saturated heterocycles. The Bertz CT molecular complexity index is 250. The number of nitrogens with one attached hydrogen (secondary N) is 2. The van der Waals surface area contributed by atoms with E-state index in [1.54, 1.807) is 7.05 Å². The van der Waals surface area contributed by atoms with Crippen LogP contribution in [0.1, 0.15) is 0 Å². The summed E-state index contributed by atoms with van der Waals surface area (Å²) in [5.74, 6) is -0.0912. The van der Waals surface area contributed by atoms with Gasteiger partial charge in [0.15, 0.2) is 0 Å². The van der Waals surface area contributed by atoms with Gasteiger partial charge in [0.05, 0.1) is 5.69 Å². The molecule has 1 aromatic carbocycles. The van der Waals surface area contributed by atoms with Gasteiger partial charge in [-0.2, -0.15) is 0 Å². The molecule has 0 aliphatic rings. The molecule has 0 radical (unpaired) electrons. The summed E-state index contributed by atoms with van der Waals surface area (Å²) in [7, 11) is 1.65. The molecule has 0 saturated carbocycles. The van der Waals surface area contributed by atoms with Gasteiger partial charge in [-0.1, -0.05) is 11.8 Å². The maximum Gasteiger partial charge on any atom is 0.0622 e. The first-order valence-corrected chi connectivity index (χ1v) is 3.17. The van der Waals surface area contributed by atoms with Crippen molar-refractivity contribution >= 4 is 11.4 Å². The van der Waals surface area contributed by atoms with Crippen LogP contribution in [-0.4, -0.2) is 12.3 Å². The average Bonchev–Trinajstić information content (AvgIpc) is 2.05. The van der Waals surface area contributed by atoms with E-state index in [2.05, 4.69) is 5.32 Å². The summed E-state index contributed by atoms with van der Waals surface area (Å²) < 4.78 is 0. The third-order valence-electron chi connectivity index (χ3n) is 1.38. The Morgan fingerprint density at radius 1 is 1.45 bits per heavy atom. The Morgan fingerprint density at radius 2 is 2.18 bits per heavy atom. The van der Waals surface area contributed by atoms with Crippen molar-refractivity contribution in [3.8, 4) is 5.75 Å². The quantitative estimate of drug-likeness (QED) is 0.544. The van der Waals surface area contributed by atoms with E-state index in [9.17, 15) is 5.11 Å². The maximum absolute atomic E-state index is 10.9. The smallest absolute Gasteiger partial charge is 0.0622 e. The highest BCUT2D eigenvalue weighted by atomic mass is 16.5. The lowest BCUT2D eigenvalue weighted by atomic mass is 10.2. The van der Waals surface area contributed by atoms with Crippen LogP contribution >= 0.6 is 0 Å². The van der Waals surface area contributed by atoms with Crippen molar-refractivity contribution in [2.24, 2.45) is 0 Å². The van der Waals surface area contributed by atoms with Gasteiger partial charge in [-0.05, 0) is 12.1 Å². The molecule has 0 spiro atoms. The summed E-state index contributed by atoms with van der Waals surface area (Å²) in [5.41, 5.74) is 2.91. The molecular weight excluding hydrogens is 144 g/mol. The monoisotopic (exact) mass is 153 g/mol. The van der Waals surface area contributed by atoms with Gasteiger partial charge in [0.25, 0.3) is 0 Å². The minimum atomic E-state index is -0.0912. The predicted molar refractivity (Wildman–Crippen MR) is 40.8 cm³/mol. The van der Waals surface area contributed by atoms with Crippen molar-refractivity contribution in [3.63, 3.8) is 0 Å². The van der Waals surface area contributed by atoms with Crippen LogP contribution in [0, 0.1) is 0 Å². The molecule has 0 unspecified atom stereocenters. The molecule has 4 heteroatoms. The topological polar surface area (TPSA) is 67.3 Å². The van der Waals surface area contributed by atoms with E-state index in [0.29, 0.717) is 11.4 Å². The normalized spacial score (nSPS) is 9.27. The van der Waals surface area contributed by atoms with Gasteiger partial charge in [-0.15, -0.1) is 0 Å². The zero-order valence-corrected chi connectivity index (χ0v) is 6.09. The highest BCUT2D eigenvalue weighted by Crippen LogP contribution is 2.22. The molecule has 0 bridgehead atoms. The number of anilines is 2. The average molecular weight is 153 g/mol. The van der Waals surface area contributed by atoms with Gasteiger partial charge in [-0.3, -0.25) is 10.7 Å². The van der Waals surface area contributed by atoms with Crippen LogP contribution in [0.25, 0.3) is 0 Å². The standard InChI is InChI=1S/C7H10N2O2/c1-8-6-4-5(9-11)2-3-7(6)10/h2-4,8-11H,1H3/p-1. The van der Waals surface area contributed by atoms with E-state index in [1.807, 2.05) is 5.48 Å². The molecule has 0 aliphatic heterocycles. The molecule has 0 aliphatic carbocycles. The lowest BCUT2D eigenvalue weighted by Gasteiger charge is -2.13. The first-order valence-electron chi connectivity index (χ1n) is 3.17. The summed E-state index contributed by atoms with van der Waals surface area (Å²) in [6, 6.07) is 4.41.